The summed E-state index contributed by atoms with van der Waals surface area (Å²) in [5, 5.41) is 32.0. The van der Waals surface area contributed by atoms with Crippen molar-refractivity contribution >= 4 is 54.3 Å². The topological polar surface area (TPSA) is 117 Å². The van der Waals surface area contributed by atoms with Crippen molar-refractivity contribution in [2.45, 2.75) is 97.4 Å². The Kier molecular flexibility index (Phi) is 11.7. The Labute approximate surface area is 211 Å². The molecule has 0 aliphatic carbocycles. The van der Waals surface area contributed by atoms with Crippen LogP contribution in [0.5, 0.6) is 0 Å². The van der Waals surface area contributed by atoms with Crippen LogP contribution in [0.3, 0.4) is 0 Å². The van der Waals surface area contributed by atoms with Crippen LogP contribution in [-0.4, -0.2) is 24.8 Å². The van der Waals surface area contributed by atoms with Crippen LogP contribution in [0.1, 0.15) is 90.9 Å². The predicted molar refractivity (Wildman–Crippen MR) is 136 cm³/mol. The fraction of sp³-hybridized carbons (Fsp3) is 0.727. The molecule has 33 heavy (non-hydrogen) atoms. The highest BCUT2D eigenvalue weighted by Gasteiger charge is 2.36. The Morgan fingerprint density at radius 1 is 0.758 bits per heavy atom. The monoisotopic (exact) mass is 589 g/mol. The summed E-state index contributed by atoms with van der Waals surface area (Å²) < 4.78 is -0.0295. The average Bonchev–Trinajstić information content (AvgIpc) is 3.19. The summed E-state index contributed by atoms with van der Waals surface area (Å²) in [6.45, 7) is 5.00. The van der Waals surface area contributed by atoms with Crippen molar-refractivity contribution in [3.63, 3.8) is 0 Å². The first kappa shape index (κ1) is 27.6. The first-order valence-corrected chi connectivity index (χ1v) is 13.4. The number of benzene rings is 1. The maximum absolute atomic E-state index is 11.5. The normalized spacial score (nSPS) is 12.4. The lowest BCUT2D eigenvalue weighted by Gasteiger charge is -2.16. The number of hydrogen-bond acceptors (Lipinski definition) is 6. The van der Waals surface area contributed by atoms with Gasteiger partial charge in [-0.15, -0.1) is 0 Å². The maximum Gasteiger partial charge on any atom is 0.363 e. The third kappa shape index (κ3) is 7.70. The largest absolute Gasteiger partial charge is 0.363 e. The van der Waals surface area contributed by atoms with E-state index in [1.54, 1.807) is 4.80 Å². The van der Waals surface area contributed by atoms with Crippen LogP contribution >= 0.6 is 31.9 Å². The molecule has 184 valence electrons. The van der Waals surface area contributed by atoms with E-state index in [0.717, 1.165) is 25.7 Å². The molecule has 0 aliphatic rings. The van der Waals surface area contributed by atoms with Crippen molar-refractivity contribution in [1.82, 2.24) is 15.0 Å². The van der Waals surface area contributed by atoms with Gasteiger partial charge in [-0.25, -0.2) is 0 Å². The van der Waals surface area contributed by atoms with Gasteiger partial charge in [-0.1, -0.05) is 78.1 Å². The summed E-state index contributed by atoms with van der Waals surface area (Å²) in [7, 11) is 0. The molecule has 0 saturated heterocycles. The fourth-order valence-corrected chi connectivity index (χ4v) is 5.32. The second-order valence-corrected chi connectivity index (χ2v) is 10.1. The van der Waals surface area contributed by atoms with Crippen molar-refractivity contribution in [2.24, 2.45) is 5.92 Å². The minimum atomic E-state index is -0.763. The van der Waals surface area contributed by atoms with Gasteiger partial charge in [0.2, 0.25) is 0 Å². The first-order chi connectivity index (χ1) is 15.8. The number of aromatic nitrogens is 3. The minimum absolute atomic E-state index is 0.0148. The van der Waals surface area contributed by atoms with Crippen molar-refractivity contribution in [3.05, 3.63) is 29.2 Å². The highest BCUT2D eigenvalue weighted by Crippen LogP contribution is 2.45. The molecular weight excluding hydrogens is 558 g/mol. The number of hydrogen-bond donors (Lipinski definition) is 0. The number of nitro groups is 2. The SMILES string of the molecule is CCCCCCCCC(CCCCCC)Cn1nc2c(Br)c([N+](=O)[O-])c([N+](=O)[O-])c(Br)c2n1. The smallest absolute Gasteiger partial charge is 0.258 e. The third-order valence-corrected chi connectivity index (χ3v) is 7.43. The molecule has 9 nitrogen and oxygen atoms in total. The van der Waals surface area contributed by atoms with E-state index in [1.807, 2.05) is 0 Å². The molecule has 0 spiro atoms. The number of nitrogens with zero attached hydrogens (tertiary/aromatic N) is 5. The summed E-state index contributed by atoms with van der Waals surface area (Å²) in [6, 6.07) is 0. The van der Waals surface area contributed by atoms with E-state index < -0.39 is 21.2 Å². The molecule has 2 aromatic rings. The van der Waals surface area contributed by atoms with Gasteiger partial charge in [0.1, 0.15) is 20.0 Å². The maximum atomic E-state index is 11.5. The molecular formula is C22H33Br2N5O4. The molecule has 11 heteroatoms. The standard InChI is InChI=1S/C22H33Br2N5O4/c1-3-5-7-9-10-12-14-16(13-11-8-6-4-2)15-27-25-19-17(23)21(28(30)31)22(29(32)33)18(24)20(19)26-27/h16H,3-15H2,1-2H3. The number of nitro benzene ring substituents is 2. The van der Waals surface area contributed by atoms with Gasteiger partial charge >= 0.3 is 11.4 Å². The Hall–Kier alpha value is -1.62. The highest BCUT2D eigenvalue weighted by molar-refractivity contribution is 9.11. The zero-order valence-electron chi connectivity index (χ0n) is 19.4. The lowest BCUT2D eigenvalue weighted by molar-refractivity contribution is -0.423. The third-order valence-electron chi connectivity index (χ3n) is 5.93. The molecule has 1 aromatic carbocycles. The lowest BCUT2D eigenvalue weighted by Crippen LogP contribution is -2.13. The van der Waals surface area contributed by atoms with E-state index in [1.165, 1.54) is 51.4 Å². The van der Waals surface area contributed by atoms with E-state index in [-0.39, 0.29) is 20.0 Å². The Morgan fingerprint density at radius 3 is 1.58 bits per heavy atom. The molecule has 0 fully saturated rings. The quantitative estimate of drug-likeness (QED) is 0.111. The number of fused-ring (bicyclic) bond motifs is 1. The summed E-state index contributed by atoms with van der Waals surface area (Å²) in [6.07, 6.45) is 14.4. The molecule has 0 amide bonds. The Balaban J connectivity index is 2.23. The van der Waals surface area contributed by atoms with E-state index in [9.17, 15) is 20.2 Å². The molecule has 0 bridgehead atoms. The summed E-state index contributed by atoms with van der Waals surface area (Å²) >= 11 is 6.33. The lowest BCUT2D eigenvalue weighted by atomic mass is 9.94. The Morgan fingerprint density at radius 2 is 1.15 bits per heavy atom. The van der Waals surface area contributed by atoms with Crippen LogP contribution in [-0.2, 0) is 6.54 Å². The van der Waals surface area contributed by atoms with Crippen LogP contribution in [0.15, 0.2) is 8.95 Å². The van der Waals surface area contributed by atoms with Crippen LogP contribution < -0.4 is 0 Å². The molecule has 1 unspecified atom stereocenters. The molecule has 1 heterocycles. The van der Waals surface area contributed by atoms with Crippen LogP contribution in [0.25, 0.3) is 11.0 Å². The van der Waals surface area contributed by atoms with Crippen LogP contribution in [0, 0.1) is 26.1 Å². The second-order valence-electron chi connectivity index (χ2n) is 8.56. The van der Waals surface area contributed by atoms with Crippen molar-refractivity contribution in [1.29, 1.82) is 0 Å². The van der Waals surface area contributed by atoms with Gasteiger partial charge in [-0.05, 0) is 50.6 Å². The van der Waals surface area contributed by atoms with Crippen LogP contribution in [0.4, 0.5) is 11.4 Å². The van der Waals surface area contributed by atoms with E-state index in [0.29, 0.717) is 12.5 Å². The second kappa shape index (κ2) is 13.9. The molecule has 1 aromatic heterocycles. The van der Waals surface area contributed by atoms with Crippen LogP contribution in [0.2, 0.25) is 0 Å². The van der Waals surface area contributed by atoms with Crippen molar-refractivity contribution < 1.29 is 9.85 Å². The van der Waals surface area contributed by atoms with Gasteiger partial charge in [0.05, 0.1) is 16.4 Å². The van der Waals surface area contributed by atoms with Crippen molar-refractivity contribution in [3.8, 4) is 0 Å². The van der Waals surface area contributed by atoms with Gasteiger partial charge in [-0.2, -0.15) is 15.0 Å². The number of unbranched alkanes of at least 4 members (excludes halogenated alkanes) is 8. The molecule has 2 rings (SSSR count). The van der Waals surface area contributed by atoms with Gasteiger partial charge in [0, 0.05) is 0 Å². The minimum Gasteiger partial charge on any atom is -0.258 e. The first-order valence-electron chi connectivity index (χ1n) is 11.9. The summed E-state index contributed by atoms with van der Waals surface area (Å²) in [5.41, 5.74) is -0.726. The predicted octanol–water partition coefficient (Wildman–Crippen LogP) is 8.11. The average molecular weight is 591 g/mol. The fourth-order valence-electron chi connectivity index (χ4n) is 4.12. The molecule has 1 atom stereocenters. The molecule has 0 radical (unpaired) electrons. The Bertz CT molecular complexity index is 894. The van der Waals surface area contributed by atoms with E-state index in [2.05, 4.69) is 55.9 Å². The zero-order valence-corrected chi connectivity index (χ0v) is 22.6. The highest BCUT2D eigenvalue weighted by atomic mass is 79.9. The molecule has 0 aliphatic heterocycles. The molecule has 0 N–H and O–H groups in total. The van der Waals surface area contributed by atoms with E-state index >= 15 is 0 Å². The van der Waals surface area contributed by atoms with Crippen molar-refractivity contribution in [2.75, 3.05) is 0 Å². The summed E-state index contributed by atoms with van der Waals surface area (Å²) in [4.78, 5) is 23.0. The molecule has 0 saturated carbocycles. The van der Waals surface area contributed by atoms with Gasteiger partial charge in [0.25, 0.3) is 0 Å². The summed E-state index contributed by atoms with van der Waals surface area (Å²) in [5.74, 6) is 0.400. The van der Waals surface area contributed by atoms with E-state index in [4.69, 9.17) is 0 Å². The van der Waals surface area contributed by atoms with Gasteiger partial charge < -0.3 is 0 Å². The number of halogens is 2. The van der Waals surface area contributed by atoms with Gasteiger partial charge in [0.15, 0.2) is 0 Å². The van der Waals surface area contributed by atoms with Gasteiger partial charge in [-0.3, -0.25) is 20.2 Å². The number of rotatable bonds is 16. The zero-order chi connectivity index (χ0) is 24.4.